The summed E-state index contributed by atoms with van der Waals surface area (Å²) in [7, 11) is 0. The number of hydrogen-bond donors (Lipinski definition) is 1. The van der Waals surface area contributed by atoms with Crippen molar-refractivity contribution in [3.05, 3.63) is 51.3 Å². The summed E-state index contributed by atoms with van der Waals surface area (Å²) >= 11 is 0. The van der Waals surface area contributed by atoms with E-state index in [1.807, 2.05) is 31.2 Å². The van der Waals surface area contributed by atoms with Crippen LogP contribution in [-0.2, 0) is 16.0 Å². The van der Waals surface area contributed by atoms with Gasteiger partial charge in [-0.15, -0.1) is 0 Å². The number of allylic oxidation sites excluding steroid dienone is 1. The molecule has 2 aromatic rings. The van der Waals surface area contributed by atoms with Crippen LogP contribution in [0.3, 0.4) is 0 Å². The van der Waals surface area contributed by atoms with Crippen LogP contribution in [-0.4, -0.2) is 17.6 Å². The second-order valence-electron chi connectivity index (χ2n) is 6.84. The van der Waals surface area contributed by atoms with E-state index in [0.29, 0.717) is 29.6 Å². The first-order chi connectivity index (χ1) is 12.7. The van der Waals surface area contributed by atoms with Crippen molar-refractivity contribution in [2.45, 2.75) is 58.8 Å². The van der Waals surface area contributed by atoms with Crippen molar-refractivity contribution < 1.29 is 9.53 Å². The van der Waals surface area contributed by atoms with Crippen molar-refractivity contribution in [1.29, 1.82) is 0 Å². The highest BCUT2D eigenvalue weighted by Crippen LogP contribution is 2.32. The van der Waals surface area contributed by atoms with E-state index >= 15 is 0 Å². The molecule has 4 heteroatoms. The van der Waals surface area contributed by atoms with Gasteiger partial charge in [0.25, 0.3) is 0 Å². The Morgan fingerprint density at radius 2 is 1.92 bits per heavy atom. The maximum absolute atomic E-state index is 13.3. The van der Waals surface area contributed by atoms with Crippen LogP contribution in [0.15, 0.2) is 34.6 Å². The van der Waals surface area contributed by atoms with E-state index in [1.165, 1.54) is 0 Å². The quantitative estimate of drug-likeness (QED) is 0.788. The first kappa shape index (κ1) is 18.4. The summed E-state index contributed by atoms with van der Waals surface area (Å²) in [5.74, 6) is -0.265. The molecule has 0 atom stereocenters. The predicted molar refractivity (Wildman–Crippen MR) is 105 cm³/mol. The molecule has 0 fully saturated rings. The molecule has 0 bridgehead atoms. The molecule has 0 aliphatic heterocycles. The Labute approximate surface area is 154 Å². The van der Waals surface area contributed by atoms with Crippen molar-refractivity contribution in [2.75, 3.05) is 6.61 Å². The van der Waals surface area contributed by atoms with Crippen molar-refractivity contribution >= 4 is 22.4 Å². The minimum absolute atomic E-state index is 0.0316. The lowest BCUT2D eigenvalue weighted by molar-refractivity contribution is -0.138. The second-order valence-corrected chi connectivity index (χ2v) is 6.84. The average Bonchev–Trinajstić information content (AvgIpc) is 2.63. The van der Waals surface area contributed by atoms with Gasteiger partial charge in [-0.05, 0) is 63.2 Å². The number of rotatable bonds is 5. The van der Waals surface area contributed by atoms with E-state index < -0.39 is 0 Å². The Morgan fingerprint density at radius 1 is 1.15 bits per heavy atom. The van der Waals surface area contributed by atoms with Crippen LogP contribution >= 0.6 is 0 Å². The van der Waals surface area contributed by atoms with Gasteiger partial charge in [-0.1, -0.05) is 25.5 Å². The minimum Gasteiger partial charge on any atom is -0.463 e. The van der Waals surface area contributed by atoms with Gasteiger partial charge in [0.15, 0.2) is 5.43 Å². The van der Waals surface area contributed by atoms with Crippen molar-refractivity contribution in [3.8, 4) is 0 Å². The summed E-state index contributed by atoms with van der Waals surface area (Å²) in [6, 6.07) is 7.62. The number of nitrogens with one attached hydrogen (secondary N) is 1. The van der Waals surface area contributed by atoms with Gasteiger partial charge in [0.05, 0.1) is 6.61 Å². The maximum Gasteiger partial charge on any atom is 0.334 e. The van der Waals surface area contributed by atoms with E-state index in [-0.39, 0.29) is 11.4 Å². The van der Waals surface area contributed by atoms with Crippen LogP contribution in [0.1, 0.15) is 63.6 Å². The van der Waals surface area contributed by atoms with Crippen molar-refractivity contribution in [2.24, 2.45) is 0 Å². The number of fused-ring (bicyclic) bond motifs is 2. The number of para-hydroxylation sites is 1. The van der Waals surface area contributed by atoms with E-state index in [2.05, 4.69) is 11.9 Å². The van der Waals surface area contributed by atoms with Crippen molar-refractivity contribution in [3.63, 3.8) is 0 Å². The molecule has 0 saturated heterocycles. The molecule has 1 heterocycles. The number of esters is 1. The lowest BCUT2D eigenvalue weighted by atomic mass is 9.86. The van der Waals surface area contributed by atoms with Gasteiger partial charge in [0.2, 0.25) is 0 Å². The fourth-order valence-corrected chi connectivity index (χ4v) is 3.77. The number of pyridine rings is 1. The van der Waals surface area contributed by atoms with Crippen LogP contribution in [0.25, 0.3) is 16.5 Å². The Balaban J connectivity index is 2.29. The zero-order valence-corrected chi connectivity index (χ0v) is 15.7. The lowest BCUT2D eigenvalue weighted by Gasteiger charge is -2.21. The summed E-state index contributed by atoms with van der Waals surface area (Å²) in [6.07, 6.45) is 6.09. The van der Waals surface area contributed by atoms with Gasteiger partial charge in [0.1, 0.15) is 0 Å². The number of hydrogen-bond acceptors (Lipinski definition) is 3. The number of ether oxygens (including phenoxy) is 1. The molecular formula is C22H27NO3. The molecule has 0 unspecified atom stereocenters. The zero-order valence-electron chi connectivity index (χ0n) is 15.7. The number of carbonyl (C=O) groups is 1. The van der Waals surface area contributed by atoms with Crippen molar-refractivity contribution in [1.82, 2.24) is 4.98 Å². The molecule has 1 aliphatic carbocycles. The Bertz CT molecular complexity index is 892. The SMILES string of the molecule is CCCC/C1=C(\C(=O)OCC)CCCCc2[nH]c3ccccc3c(=O)c21. The van der Waals surface area contributed by atoms with Gasteiger partial charge >= 0.3 is 5.97 Å². The number of unbranched alkanes of at least 4 members (excludes halogenated alkanes) is 1. The van der Waals surface area contributed by atoms with Gasteiger partial charge in [0, 0.05) is 27.7 Å². The third-order valence-electron chi connectivity index (χ3n) is 5.06. The molecule has 1 N–H and O–H groups in total. The predicted octanol–water partition coefficient (Wildman–Crippen LogP) is 4.76. The highest BCUT2D eigenvalue weighted by molar-refractivity contribution is 5.99. The zero-order chi connectivity index (χ0) is 18.5. The van der Waals surface area contributed by atoms with E-state index in [0.717, 1.165) is 55.3 Å². The topological polar surface area (TPSA) is 59.2 Å². The lowest BCUT2D eigenvalue weighted by Crippen LogP contribution is -2.20. The van der Waals surface area contributed by atoms with Crippen LogP contribution < -0.4 is 5.43 Å². The fourth-order valence-electron chi connectivity index (χ4n) is 3.77. The molecule has 0 spiro atoms. The van der Waals surface area contributed by atoms with Crippen LogP contribution in [0.4, 0.5) is 0 Å². The first-order valence-corrected chi connectivity index (χ1v) is 9.70. The van der Waals surface area contributed by atoms with Crippen LogP contribution in [0.5, 0.6) is 0 Å². The minimum atomic E-state index is -0.265. The number of benzene rings is 1. The summed E-state index contributed by atoms with van der Waals surface area (Å²) in [6.45, 7) is 4.30. The fraction of sp³-hybridized carbons (Fsp3) is 0.455. The molecule has 0 amide bonds. The molecular weight excluding hydrogens is 326 g/mol. The van der Waals surface area contributed by atoms with Gasteiger partial charge in [-0.25, -0.2) is 4.79 Å². The summed E-state index contributed by atoms with van der Waals surface area (Å²) in [4.78, 5) is 29.4. The van der Waals surface area contributed by atoms with Gasteiger partial charge in [-0.2, -0.15) is 0 Å². The third-order valence-corrected chi connectivity index (χ3v) is 5.06. The first-order valence-electron chi connectivity index (χ1n) is 9.70. The largest absolute Gasteiger partial charge is 0.463 e. The smallest absolute Gasteiger partial charge is 0.334 e. The molecule has 4 nitrogen and oxygen atoms in total. The summed E-state index contributed by atoms with van der Waals surface area (Å²) < 4.78 is 5.32. The number of H-pyrrole nitrogens is 1. The molecule has 138 valence electrons. The van der Waals surface area contributed by atoms with Crippen LogP contribution in [0, 0.1) is 0 Å². The summed E-state index contributed by atoms with van der Waals surface area (Å²) in [5.41, 5.74) is 4.16. The molecule has 0 saturated carbocycles. The van der Waals surface area contributed by atoms with E-state index in [1.54, 1.807) is 0 Å². The third kappa shape index (κ3) is 3.59. The standard InChI is InChI=1S/C22H27NO3/c1-3-5-10-15-16(22(25)26-4-2)11-6-9-14-19-20(15)21(24)17-12-7-8-13-18(17)23-19/h7-8,12-13H,3-6,9-11,14H2,1-2H3,(H,23,24)/b16-15+. The Kier molecular flexibility index (Phi) is 5.92. The summed E-state index contributed by atoms with van der Waals surface area (Å²) in [5, 5.41) is 0.684. The molecule has 1 aliphatic rings. The highest BCUT2D eigenvalue weighted by Gasteiger charge is 2.24. The molecule has 26 heavy (non-hydrogen) atoms. The number of aromatic nitrogens is 1. The van der Waals surface area contributed by atoms with E-state index in [4.69, 9.17) is 4.74 Å². The molecule has 1 aromatic heterocycles. The van der Waals surface area contributed by atoms with Gasteiger partial charge < -0.3 is 9.72 Å². The monoisotopic (exact) mass is 353 g/mol. The van der Waals surface area contributed by atoms with Crippen LogP contribution in [0.2, 0.25) is 0 Å². The second kappa shape index (κ2) is 8.35. The molecule has 1 aromatic carbocycles. The highest BCUT2D eigenvalue weighted by atomic mass is 16.5. The molecule has 0 radical (unpaired) electrons. The normalized spacial score (nSPS) is 17.5. The Hall–Kier alpha value is -2.36. The number of aromatic amines is 1. The molecule has 3 rings (SSSR count). The number of aryl methyl sites for hydroxylation is 1. The average molecular weight is 353 g/mol. The van der Waals surface area contributed by atoms with Gasteiger partial charge in [-0.3, -0.25) is 4.79 Å². The van der Waals surface area contributed by atoms with E-state index in [9.17, 15) is 9.59 Å². The number of carbonyl (C=O) groups excluding carboxylic acids is 1. The Morgan fingerprint density at radius 3 is 2.69 bits per heavy atom. The maximum atomic E-state index is 13.3.